The van der Waals surface area contributed by atoms with Crippen LogP contribution in [0.4, 0.5) is 5.69 Å². The molecule has 2 rings (SSSR count). The second-order valence-electron chi connectivity index (χ2n) is 4.53. The summed E-state index contributed by atoms with van der Waals surface area (Å²) in [4.78, 5) is 2.12. The molecular weight excluding hydrogens is 190 g/mol. The maximum atomic E-state index is 9.68. The number of benzene rings is 1. The molecule has 1 aromatic carbocycles. The van der Waals surface area contributed by atoms with Gasteiger partial charge >= 0.3 is 0 Å². The first kappa shape index (κ1) is 10.3. The van der Waals surface area contributed by atoms with Crippen LogP contribution < -0.4 is 9.64 Å². The SMILES string of the molecule is COc1cc(C)ccc1N1CC(C)(O)C1. The molecule has 0 spiro atoms. The molecule has 1 aliphatic heterocycles. The fourth-order valence-corrected chi connectivity index (χ4v) is 1.99. The van der Waals surface area contributed by atoms with Crippen LogP contribution >= 0.6 is 0 Å². The zero-order valence-corrected chi connectivity index (χ0v) is 9.45. The van der Waals surface area contributed by atoms with E-state index in [1.165, 1.54) is 5.56 Å². The van der Waals surface area contributed by atoms with E-state index in [1.807, 2.05) is 26.0 Å². The van der Waals surface area contributed by atoms with Crippen LogP contribution in [-0.4, -0.2) is 30.9 Å². The smallest absolute Gasteiger partial charge is 0.142 e. The van der Waals surface area contributed by atoms with E-state index in [4.69, 9.17) is 4.74 Å². The van der Waals surface area contributed by atoms with Crippen molar-refractivity contribution in [3.05, 3.63) is 23.8 Å². The summed E-state index contributed by atoms with van der Waals surface area (Å²) in [7, 11) is 1.68. The minimum absolute atomic E-state index is 0.546. The van der Waals surface area contributed by atoms with Gasteiger partial charge in [-0.2, -0.15) is 0 Å². The van der Waals surface area contributed by atoms with Crippen molar-refractivity contribution in [1.29, 1.82) is 0 Å². The number of β-amino-alcohol motifs (C(OH)–C–C–N with tert-alkyl or cyclic N) is 1. The van der Waals surface area contributed by atoms with Crippen LogP contribution in [0.2, 0.25) is 0 Å². The number of hydrogen-bond donors (Lipinski definition) is 1. The van der Waals surface area contributed by atoms with E-state index in [1.54, 1.807) is 7.11 Å². The number of aryl methyl sites for hydroxylation is 1. The molecule has 1 heterocycles. The molecule has 0 aromatic heterocycles. The first-order valence-corrected chi connectivity index (χ1v) is 5.14. The van der Waals surface area contributed by atoms with E-state index in [2.05, 4.69) is 11.0 Å². The van der Waals surface area contributed by atoms with Gasteiger partial charge in [-0.15, -0.1) is 0 Å². The highest BCUT2D eigenvalue weighted by atomic mass is 16.5. The van der Waals surface area contributed by atoms with Crippen molar-refractivity contribution in [3.63, 3.8) is 0 Å². The van der Waals surface area contributed by atoms with E-state index in [0.717, 1.165) is 11.4 Å². The number of aliphatic hydroxyl groups is 1. The summed E-state index contributed by atoms with van der Waals surface area (Å²) in [5.74, 6) is 0.880. The average Bonchev–Trinajstić information content (AvgIpc) is 2.14. The van der Waals surface area contributed by atoms with Gasteiger partial charge in [0.2, 0.25) is 0 Å². The molecule has 3 nitrogen and oxygen atoms in total. The Morgan fingerprint density at radius 2 is 2.07 bits per heavy atom. The van der Waals surface area contributed by atoms with Crippen LogP contribution in [-0.2, 0) is 0 Å². The summed E-state index contributed by atoms with van der Waals surface area (Å²) in [5, 5.41) is 9.68. The molecule has 0 bridgehead atoms. The number of anilines is 1. The Kier molecular flexibility index (Phi) is 2.35. The summed E-state index contributed by atoms with van der Waals surface area (Å²) < 4.78 is 5.33. The van der Waals surface area contributed by atoms with Gasteiger partial charge in [0.05, 0.1) is 18.4 Å². The normalized spacial score (nSPS) is 18.5. The number of nitrogens with zero attached hydrogens (tertiary/aromatic N) is 1. The van der Waals surface area contributed by atoms with Crippen molar-refractivity contribution in [1.82, 2.24) is 0 Å². The molecule has 0 amide bonds. The Bertz CT molecular complexity index is 366. The largest absolute Gasteiger partial charge is 0.495 e. The zero-order chi connectivity index (χ0) is 11.1. The van der Waals surface area contributed by atoms with Crippen molar-refractivity contribution in [3.8, 4) is 5.75 Å². The Balaban J connectivity index is 2.22. The van der Waals surface area contributed by atoms with Crippen molar-refractivity contribution >= 4 is 5.69 Å². The van der Waals surface area contributed by atoms with E-state index in [9.17, 15) is 5.11 Å². The Morgan fingerprint density at radius 3 is 2.60 bits per heavy atom. The minimum Gasteiger partial charge on any atom is -0.495 e. The lowest BCUT2D eigenvalue weighted by Crippen LogP contribution is -2.60. The van der Waals surface area contributed by atoms with Crippen LogP contribution in [0.1, 0.15) is 12.5 Å². The van der Waals surface area contributed by atoms with Gasteiger partial charge in [-0.1, -0.05) is 6.07 Å². The molecule has 3 heteroatoms. The van der Waals surface area contributed by atoms with Gasteiger partial charge in [-0.05, 0) is 31.5 Å². The Morgan fingerprint density at radius 1 is 1.40 bits per heavy atom. The standard InChI is InChI=1S/C12H17NO2/c1-9-4-5-10(11(6-9)15-3)13-7-12(2,14)8-13/h4-6,14H,7-8H2,1-3H3. The van der Waals surface area contributed by atoms with E-state index in [-0.39, 0.29) is 0 Å². The van der Waals surface area contributed by atoms with E-state index in [0.29, 0.717) is 13.1 Å². The second kappa shape index (κ2) is 3.42. The van der Waals surface area contributed by atoms with Gasteiger partial charge in [-0.25, -0.2) is 0 Å². The first-order valence-electron chi connectivity index (χ1n) is 5.14. The lowest BCUT2D eigenvalue weighted by molar-refractivity contribution is 0.0308. The molecule has 82 valence electrons. The zero-order valence-electron chi connectivity index (χ0n) is 9.45. The topological polar surface area (TPSA) is 32.7 Å². The predicted molar refractivity (Wildman–Crippen MR) is 60.6 cm³/mol. The van der Waals surface area contributed by atoms with Gasteiger partial charge < -0.3 is 14.7 Å². The molecular formula is C12H17NO2. The van der Waals surface area contributed by atoms with Crippen LogP contribution in [0.15, 0.2) is 18.2 Å². The number of rotatable bonds is 2. The van der Waals surface area contributed by atoms with Gasteiger partial charge in [-0.3, -0.25) is 0 Å². The molecule has 1 aliphatic rings. The van der Waals surface area contributed by atoms with E-state index >= 15 is 0 Å². The Hall–Kier alpha value is -1.22. The van der Waals surface area contributed by atoms with Crippen LogP contribution in [0, 0.1) is 6.92 Å². The summed E-state index contributed by atoms with van der Waals surface area (Å²) in [6.45, 7) is 5.24. The van der Waals surface area contributed by atoms with Crippen LogP contribution in [0.5, 0.6) is 5.75 Å². The molecule has 0 saturated carbocycles. The summed E-state index contributed by atoms with van der Waals surface area (Å²) in [6.07, 6.45) is 0. The Labute approximate surface area is 90.3 Å². The second-order valence-corrected chi connectivity index (χ2v) is 4.53. The fourth-order valence-electron chi connectivity index (χ4n) is 1.99. The highest BCUT2D eigenvalue weighted by Crippen LogP contribution is 2.35. The first-order chi connectivity index (χ1) is 7.02. The highest BCUT2D eigenvalue weighted by Gasteiger charge is 2.37. The molecule has 15 heavy (non-hydrogen) atoms. The fraction of sp³-hybridized carbons (Fsp3) is 0.500. The number of ether oxygens (including phenoxy) is 1. The average molecular weight is 207 g/mol. The van der Waals surface area contributed by atoms with E-state index < -0.39 is 5.60 Å². The summed E-state index contributed by atoms with van der Waals surface area (Å²) in [5.41, 5.74) is 1.70. The quantitative estimate of drug-likeness (QED) is 0.799. The molecule has 1 fully saturated rings. The van der Waals surface area contributed by atoms with Crippen molar-refractivity contribution in [2.24, 2.45) is 0 Å². The third kappa shape index (κ3) is 1.92. The third-order valence-electron chi connectivity index (χ3n) is 2.74. The molecule has 0 radical (unpaired) electrons. The number of methoxy groups -OCH3 is 1. The lowest BCUT2D eigenvalue weighted by Gasteiger charge is -2.46. The molecule has 0 atom stereocenters. The molecule has 0 unspecified atom stereocenters. The molecule has 1 saturated heterocycles. The molecule has 1 N–H and O–H groups in total. The van der Waals surface area contributed by atoms with Gasteiger partial charge in [0.25, 0.3) is 0 Å². The van der Waals surface area contributed by atoms with Crippen molar-refractivity contribution < 1.29 is 9.84 Å². The van der Waals surface area contributed by atoms with Crippen molar-refractivity contribution in [2.45, 2.75) is 19.4 Å². The lowest BCUT2D eigenvalue weighted by atomic mass is 9.96. The number of hydrogen-bond acceptors (Lipinski definition) is 3. The summed E-state index contributed by atoms with van der Waals surface area (Å²) >= 11 is 0. The maximum Gasteiger partial charge on any atom is 0.142 e. The van der Waals surface area contributed by atoms with Crippen LogP contribution in [0.3, 0.4) is 0 Å². The third-order valence-corrected chi connectivity index (χ3v) is 2.74. The highest BCUT2D eigenvalue weighted by molar-refractivity contribution is 5.61. The van der Waals surface area contributed by atoms with Crippen molar-refractivity contribution in [2.75, 3.05) is 25.1 Å². The van der Waals surface area contributed by atoms with Gasteiger partial charge in [0, 0.05) is 13.1 Å². The molecule has 1 aromatic rings. The van der Waals surface area contributed by atoms with Crippen LogP contribution in [0.25, 0.3) is 0 Å². The minimum atomic E-state index is -0.546. The predicted octanol–water partition coefficient (Wildman–Crippen LogP) is 1.57. The monoisotopic (exact) mass is 207 g/mol. The maximum absolute atomic E-state index is 9.68. The van der Waals surface area contributed by atoms with Gasteiger partial charge in [0.15, 0.2) is 0 Å². The summed E-state index contributed by atoms with van der Waals surface area (Å²) in [6, 6.07) is 6.12. The van der Waals surface area contributed by atoms with Gasteiger partial charge in [0.1, 0.15) is 5.75 Å². The molecule has 0 aliphatic carbocycles.